The molecule has 0 aliphatic rings. The van der Waals surface area contributed by atoms with E-state index in [4.69, 9.17) is 4.74 Å². The lowest BCUT2D eigenvalue weighted by Crippen LogP contribution is -2.14. The van der Waals surface area contributed by atoms with Crippen LogP contribution in [0.5, 0.6) is 5.75 Å². The predicted molar refractivity (Wildman–Crippen MR) is 62.5 cm³/mol. The molecular weight excluding hydrogens is 259 g/mol. The highest BCUT2D eigenvalue weighted by molar-refractivity contribution is 7.89. The molecule has 0 radical (unpaired) electrons. The number of methoxy groups -OCH3 is 1. The zero-order chi connectivity index (χ0) is 13.3. The van der Waals surface area contributed by atoms with Crippen molar-refractivity contribution in [2.24, 2.45) is 0 Å². The molecule has 18 heavy (non-hydrogen) atoms. The van der Waals surface area contributed by atoms with E-state index in [1.807, 2.05) is 0 Å². The van der Waals surface area contributed by atoms with Crippen molar-refractivity contribution in [3.05, 3.63) is 42.0 Å². The van der Waals surface area contributed by atoms with Gasteiger partial charge in [-0.2, -0.15) is 17.6 Å². The Labute approximate surface area is 104 Å². The normalized spacial score (nSPS) is 11.5. The average Bonchev–Trinajstić information content (AvgIpc) is 2.77. The molecule has 1 aromatic carbocycles. The lowest BCUT2D eigenvalue weighted by molar-refractivity contribution is 0.385. The van der Waals surface area contributed by atoms with Gasteiger partial charge in [0.25, 0.3) is 10.0 Å². The molecule has 5 nitrogen and oxygen atoms in total. The van der Waals surface area contributed by atoms with Crippen molar-refractivity contribution < 1.29 is 17.5 Å². The molecule has 0 saturated carbocycles. The third-order valence-corrected chi connectivity index (χ3v) is 3.91. The number of hydrogen-bond acceptors (Lipinski definition) is 4. The minimum Gasteiger partial charge on any atom is -0.494 e. The predicted octanol–water partition coefficient (Wildman–Crippen LogP) is 1.58. The standard InChI is InChI=1S/C11H11FN2O3S/c1-8-5-6-14(13-8)18(15,16)9-3-4-10(12)11(7-9)17-2/h3-7H,1-2H3. The van der Waals surface area contributed by atoms with E-state index in [0.29, 0.717) is 5.69 Å². The smallest absolute Gasteiger partial charge is 0.283 e. The van der Waals surface area contributed by atoms with Gasteiger partial charge in [0, 0.05) is 12.3 Å². The molecule has 0 saturated heterocycles. The van der Waals surface area contributed by atoms with Gasteiger partial charge >= 0.3 is 0 Å². The summed E-state index contributed by atoms with van der Waals surface area (Å²) in [5.41, 5.74) is 0.577. The number of ether oxygens (including phenoxy) is 1. The highest BCUT2D eigenvalue weighted by Crippen LogP contribution is 2.22. The fourth-order valence-corrected chi connectivity index (χ4v) is 2.61. The SMILES string of the molecule is COc1cc(S(=O)(=O)n2ccc(C)n2)ccc1F. The highest BCUT2D eigenvalue weighted by Gasteiger charge is 2.19. The monoisotopic (exact) mass is 270 g/mol. The van der Waals surface area contributed by atoms with Gasteiger partial charge in [0.1, 0.15) is 0 Å². The number of nitrogens with zero attached hydrogens (tertiary/aromatic N) is 2. The number of halogens is 1. The molecule has 7 heteroatoms. The molecule has 0 fully saturated rings. The third-order valence-electron chi connectivity index (χ3n) is 2.37. The molecule has 0 unspecified atom stereocenters. The molecular formula is C11H11FN2O3S. The molecule has 0 atom stereocenters. The van der Waals surface area contributed by atoms with Crippen LogP contribution in [0, 0.1) is 12.7 Å². The van der Waals surface area contributed by atoms with E-state index in [9.17, 15) is 12.8 Å². The number of rotatable bonds is 3. The van der Waals surface area contributed by atoms with Crippen LogP contribution in [0.3, 0.4) is 0 Å². The molecule has 0 aliphatic carbocycles. The quantitative estimate of drug-likeness (QED) is 0.849. The summed E-state index contributed by atoms with van der Waals surface area (Å²) in [5.74, 6) is -0.743. The second kappa shape index (κ2) is 4.41. The van der Waals surface area contributed by atoms with Gasteiger partial charge in [-0.1, -0.05) is 0 Å². The summed E-state index contributed by atoms with van der Waals surface area (Å²) >= 11 is 0. The van der Waals surface area contributed by atoms with Gasteiger partial charge < -0.3 is 4.74 Å². The van der Waals surface area contributed by atoms with Crippen LogP contribution in [-0.2, 0) is 10.0 Å². The Morgan fingerprint density at radius 2 is 2.06 bits per heavy atom. The zero-order valence-electron chi connectivity index (χ0n) is 9.79. The fourth-order valence-electron chi connectivity index (χ4n) is 1.44. The van der Waals surface area contributed by atoms with Crippen molar-refractivity contribution in [1.29, 1.82) is 0 Å². The van der Waals surface area contributed by atoms with Crippen molar-refractivity contribution in [3.8, 4) is 5.75 Å². The van der Waals surface area contributed by atoms with Crippen molar-refractivity contribution in [3.63, 3.8) is 0 Å². The number of aromatic nitrogens is 2. The first-order valence-corrected chi connectivity index (χ1v) is 6.50. The molecule has 0 bridgehead atoms. The molecule has 0 amide bonds. The summed E-state index contributed by atoms with van der Waals surface area (Å²) in [4.78, 5) is -0.0798. The summed E-state index contributed by atoms with van der Waals surface area (Å²) in [6.07, 6.45) is 1.33. The Morgan fingerprint density at radius 1 is 1.33 bits per heavy atom. The van der Waals surface area contributed by atoms with Gasteiger partial charge in [-0.05, 0) is 25.1 Å². The Morgan fingerprint density at radius 3 is 2.61 bits per heavy atom. The first-order valence-electron chi connectivity index (χ1n) is 5.06. The van der Waals surface area contributed by atoms with Gasteiger partial charge in [0.15, 0.2) is 11.6 Å². The summed E-state index contributed by atoms with van der Waals surface area (Å²) in [6, 6.07) is 4.91. The van der Waals surface area contributed by atoms with E-state index in [0.717, 1.165) is 16.2 Å². The average molecular weight is 270 g/mol. The molecule has 0 N–H and O–H groups in total. The van der Waals surface area contributed by atoms with Crippen molar-refractivity contribution >= 4 is 10.0 Å². The van der Waals surface area contributed by atoms with Gasteiger partial charge in [-0.25, -0.2) is 4.39 Å². The Hall–Kier alpha value is -1.89. The summed E-state index contributed by atoms with van der Waals surface area (Å²) in [6.45, 7) is 1.68. The summed E-state index contributed by atoms with van der Waals surface area (Å²) in [5, 5.41) is 3.83. The van der Waals surface area contributed by atoms with Crippen LogP contribution >= 0.6 is 0 Å². The van der Waals surface area contributed by atoms with E-state index >= 15 is 0 Å². The first-order chi connectivity index (χ1) is 8.45. The van der Waals surface area contributed by atoms with Crippen LogP contribution in [-0.4, -0.2) is 24.7 Å². The van der Waals surface area contributed by atoms with E-state index < -0.39 is 15.8 Å². The fraction of sp³-hybridized carbons (Fsp3) is 0.182. The molecule has 96 valence electrons. The van der Waals surface area contributed by atoms with E-state index in [1.54, 1.807) is 13.0 Å². The number of aryl methyl sites for hydroxylation is 1. The third kappa shape index (κ3) is 2.08. The maximum absolute atomic E-state index is 13.2. The minimum absolute atomic E-state index is 0.0798. The largest absolute Gasteiger partial charge is 0.494 e. The summed E-state index contributed by atoms with van der Waals surface area (Å²) in [7, 11) is -2.54. The van der Waals surface area contributed by atoms with Gasteiger partial charge in [0.05, 0.1) is 17.7 Å². The minimum atomic E-state index is -3.81. The van der Waals surface area contributed by atoms with Crippen LogP contribution in [0.2, 0.25) is 0 Å². The van der Waals surface area contributed by atoms with Crippen LogP contribution in [0.25, 0.3) is 0 Å². The first kappa shape index (κ1) is 12.6. The van der Waals surface area contributed by atoms with Crippen LogP contribution in [0.4, 0.5) is 4.39 Å². The molecule has 0 spiro atoms. The molecule has 2 rings (SSSR count). The number of hydrogen-bond donors (Lipinski definition) is 0. The lowest BCUT2D eigenvalue weighted by atomic mass is 10.3. The molecule has 1 aromatic heterocycles. The van der Waals surface area contributed by atoms with Gasteiger partial charge in [-0.3, -0.25) is 0 Å². The Balaban J connectivity index is 2.54. The Bertz CT molecular complexity index is 679. The molecule has 1 heterocycles. The highest BCUT2D eigenvalue weighted by atomic mass is 32.2. The van der Waals surface area contributed by atoms with Gasteiger partial charge in [0.2, 0.25) is 0 Å². The van der Waals surface area contributed by atoms with E-state index in [1.165, 1.54) is 19.4 Å². The Kier molecular flexibility index (Phi) is 3.08. The second-order valence-corrected chi connectivity index (χ2v) is 5.43. The molecule has 2 aromatic rings. The van der Waals surface area contributed by atoms with Crippen molar-refractivity contribution in [2.75, 3.05) is 7.11 Å². The maximum atomic E-state index is 13.2. The van der Waals surface area contributed by atoms with Crippen LogP contribution in [0.15, 0.2) is 35.4 Å². The van der Waals surface area contributed by atoms with Crippen molar-refractivity contribution in [2.45, 2.75) is 11.8 Å². The summed E-state index contributed by atoms with van der Waals surface area (Å²) < 4.78 is 43.1. The van der Waals surface area contributed by atoms with Crippen molar-refractivity contribution in [1.82, 2.24) is 9.19 Å². The zero-order valence-corrected chi connectivity index (χ0v) is 10.6. The van der Waals surface area contributed by atoms with E-state index in [-0.39, 0.29) is 10.6 Å². The van der Waals surface area contributed by atoms with Gasteiger partial charge in [-0.15, -0.1) is 0 Å². The lowest BCUT2D eigenvalue weighted by Gasteiger charge is -2.07. The van der Waals surface area contributed by atoms with Crippen LogP contribution < -0.4 is 4.74 Å². The molecule has 0 aliphatic heterocycles. The van der Waals surface area contributed by atoms with Crippen LogP contribution in [0.1, 0.15) is 5.69 Å². The second-order valence-electron chi connectivity index (χ2n) is 3.63. The van der Waals surface area contributed by atoms with E-state index in [2.05, 4.69) is 5.10 Å². The topological polar surface area (TPSA) is 61.2 Å². The number of benzene rings is 1. The maximum Gasteiger partial charge on any atom is 0.283 e.